The molecule has 0 aromatic heterocycles. The number of allylic oxidation sites excluding steroid dienone is 1. The van der Waals surface area contributed by atoms with Crippen LogP contribution in [0.15, 0.2) is 17.8 Å². The van der Waals surface area contributed by atoms with Crippen LogP contribution in [0.25, 0.3) is 0 Å². The third-order valence-electron chi connectivity index (χ3n) is 5.93. The predicted octanol–water partition coefficient (Wildman–Crippen LogP) is 1.94. The Labute approximate surface area is 179 Å². The van der Waals surface area contributed by atoms with Crippen LogP contribution in [-0.4, -0.2) is 57.4 Å². The molecule has 1 N–H and O–H groups in total. The summed E-state index contributed by atoms with van der Waals surface area (Å²) in [5, 5.41) is 3.25. The molecule has 0 amide bonds. The van der Waals surface area contributed by atoms with Crippen molar-refractivity contribution in [3.63, 3.8) is 0 Å². The second-order valence-electron chi connectivity index (χ2n) is 7.85. The number of nitrogens with one attached hydrogen (secondary N) is 1. The number of carbonyl (C=O) groups is 2. The van der Waals surface area contributed by atoms with E-state index >= 15 is 0 Å². The van der Waals surface area contributed by atoms with Crippen molar-refractivity contribution >= 4 is 33.0 Å². The quantitative estimate of drug-likeness (QED) is 0.686. The Kier molecular flexibility index (Phi) is 5.01. The lowest BCUT2D eigenvalue weighted by molar-refractivity contribution is -0.129. The highest BCUT2D eigenvalue weighted by Gasteiger charge is 2.60. The summed E-state index contributed by atoms with van der Waals surface area (Å²) in [6.45, 7) is 1.75. The fraction of sp³-hybridized carbons (Fsp3) is 0.500. The van der Waals surface area contributed by atoms with Gasteiger partial charge in [0.2, 0.25) is 17.2 Å². The Balaban J connectivity index is 1.68. The first kappa shape index (κ1) is 21.0. The first-order valence-corrected chi connectivity index (χ1v) is 11.7. The molecule has 0 bridgehead atoms. The molecule has 3 atom stereocenters. The summed E-state index contributed by atoms with van der Waals surface area (Å²) in [5.74, 6) is -0.802. The van der Waals surface area contributed by atoms with Gasteiger partial charge in [-0.15, -0.1) is 0 Å². The molecule has 2 heterocycles. The molecular weight excluding hydrogens is 434 g/mol. The molecule has 1 aliphatic carbocycles. The normalized spacial score (nSPS) is 29.4. The van der Waals surface area contributed by atoms with E-state index in [0.717, 1.165) is 0 Å². The van der Waals surface area contributed by atoms with E-state index < -0.39 is 32.9 Å². The molecule has 3 aliphatic rings. The monoisotopic (exact) mass is 455 g/mol. The minimum Gasteiger partial charge on any atom is -0.496 e. The first-order valence-electron chi connectivity index (χ1n) is 9.53. The molecule has 8 nitrogen and oxygen atoms in total. The molecule has 1 fully saturated rings. The van der Waals surface area contributed by atoms with Crippen molar-refractivity contribution in [3.05, 3.63) is 28.4 Å². The lowest BCUT2D eigenvalue weighted by atomic mass is 9.74. The summed E-state index contributed by atoms with van der Waals surface area (Å²) in [6, 6.07) is 1.24. The molecule has 162 valence electrons. The topological polar surface area (TPSA) is 108 Å². The molecular formula is C20H22ClNO7S. The molecule has 1 spiro atoms. The summed E-state index contributed by atoms with van der Waals surface area (Å²) in [4.78, 5) is 26.6. The molecule has 1 saturated heterocycles. The van der Waals surface area contributed by atoms with E-state index in [-0.39, 0.29) is 45.4 Å². The van der Waals surface area contributed by atoms with E-state index in [0.29, 0.717) is 18.5 Å². The van der Waals surface area contributed by atoms with Gasteiger partial charge in [0.1, 0.15) is 22.1 Å². The number of methoxy groups -OCH3 is 2. The first-order chi connectivity index (χ1) is 14.1. The third-order valence-corrected chi connectivity index (χ3v) is 8.06. The maximum atomic E-state index is 13.4. The van der Waals surface area contributed by atoms with Crippen LogP contribution in [0, 0.1) is 5.92 Å². The summed E-state index contributed by atoms with van der Waals surface area (Å²) in [7, 11) is -0.217. The number of carbonyl (C=O) groups excluding carboxylic acids is 2. The van der Waals surface area contributed by atoms with Crippen molar-refractivity contribution in [2.24, 2.45) is 5.92 Å². The Morgan fingerprint density at radius 3 is 2.50 bits per heavy atom. The summed E-state index contributed by atoms with van der Waals surface area (Å²) >= 11 is 6.36. The van der Waals surface area contributed by atoms with Gasteiger partial charge in [-0.25, -0.2) is 8.42 Å². The predicted molar refractivity (Wildman–Crippen MR) is 109 cm³/mol. The van der Waals surface area contributed by atoms with Crippen molar-refractivity contribution < 1.29 is 32.2 Å². The SMILES string of the molecule is COc1cc(OC)c2c(c1Cl)O[C@@]1(C(=O)C=C(N[C@@H]3CCS(=O)(=O)C3)C[C@H]1C)C2=O. The number of hydrogen-bond donors (Lipinski definition) is 1. The van der Waals surface area contributed by atoms with Crippen LogP contribution >= 0.6 is 11.6 Å². The van der Waals surface area contributed by atoms with Gasteiger partial charge in [-0.2, -0.15) is 0 Å². The van der Waals surface area contributed by atoms with Crippen LogP contribution in [0.1, 0.15) is 30.1 Å². The fourth-order valence-corrected chi connectivity index (χ4v) is 6.34. The van der Waals surface area contributed by atoms with E-state index in [2.05, 4.69) is 5.32 Å². The number of hydrogen-bond acceptors (Lipinski definition) is 8. The Hall–Kier alpha value is -2.26. The highest BCUT2D eigenvalue weighted by atomic mass is 35.5. The average Bonchev–Trinajstić information content (AvgIpc) is 3.19. The molecule has 0 radical (unpaired) electrons. The minimum atomic E-state index is -3.05. The second-order valence-corrected chi connectivity index (χ2v) is 10.5. The lowest BCUT2D eigenvalue weighted by Gasteiger charge is -2.35. The Morgan fingerprint density at radius 1 is 1.23 bits per heavy atom. The zero-order valence-corrected chi connectivity index (χ0v) is 18.4. The van der Waals surface area contributed by atoms with Crippen LogP contribution in [0.5, 0.6) is 17.2 Å². The molecule has 1 aromatic rings. The van der Waals surface area contributed by atoms with Crippen molar-refractivity contribution in [1.82, 2.24) is 5.32 Å². The van der Waals surface area contributed by atoms with Crippen LogP contribution in [0.3, 0.4) is 0 Å². The number of halogens is 1. The van der Waals surface area contributed by atoms with Gasteiger partial charge >= 0.3 is 0 Å². The van der Waals surface area contributed by atoms with Gasteiger partial charge in [0.05, 0.1) is 25.7 Å². The highest BCUT2D eigenvalue weighted by molar-refractivity contribution is 7.91. The van der Waals surface area contributed by atoms with Gasteiger partial charge in [0, 0.05) is 29.8 Å². The van der Waals surface area contributed by atoms with Crippen LogP contribution in [0.4, 0.5) is 0 Å². The zero-order chi connectivity index (χ0) is 21.8. The minimum absolute atomic E-state index is 0.0333. The Bertz CT molecular complexity index is 1080. The molecule has 2 aliphatic heterocycles. The van der Waals surface area contributed by atoms with Gasteiger partial charge in [-0.3, -0.25) is 9.59 Å². The van der Waals surface area contributed by atoms with E-state index in [1.807, 2.05) is 0 Å². The maximum Gasteiger partial charge on any atom is 0.236 e. The molecule has 10 heteroatoms. The smallest absolute Gasteiger partial charge is 0.236 e. The number of sulfone groups is 1. The highest BCUT2D eigenvalue weighted by Crippen LogP contribution is 2.52. The number of Topliss-reactive ketones (excluding diaryl/α,β-unsaturated/α-hetero) is 1. The second kappa shape index (κ2) is 7.16. The number of fused-ring (bicyclic) bond motifs is 1. The van der Waals surface area contributed by atoms with E-state index in [1.54, 1.807) is 6.92 Å². The van der Waals surface area contributed by atoms with E-state index in [1.165, 1.54) is 26.4 Å². The molecule has 0 unspecified atom stereocenters. The average molecular weight is 456 g/mol. The van der Waals surface area contributed by atoms with Gasteiger partial charge < -0.3 is 19.5 Å². The number of rotatable bonds is 4. The largest absolute Gasteiger partial charge is 0.496 e. The zero-order valence-electron chi connectivity index (χ0n) is 16.8. The van der Waals surface area contributed by atoms with Crippen molar-refractivity contribution in [1.29, 1.82) is 0 Å². The van der Waals surface area contributed by atoms with Gasteiger partial charge in [-0.05, 0) is 12.8 Å². The number of ether oxygens (including phenoxy) is 3. The molecule has 1 aromatic carbocycles. The number of ketones is 2. The van der Waals surface area contributed by atoms with Crippen molar-refractivity contribution in [2.75, 3.05) is 25.7 Å². The number of benzene rings is 1. The summed E-state index contributed by atoms with van der Waals surface area (Å²) in [6.07, 6.45) is 2.17. The van der Waals surface area contributed by atoms with Gasteiger partial charge in [0.25, 0.3) is 0 Å². The van der Waals surface area contributed by atoms with Crippen molar-refractivity contribution in [2.45, 2.75) is 31.4 Å². The van der Waals surface area contributed by atoms with Crippen LogP contribution in [0.2, 0.25) is 5.02 Å². The fourth-order valence-electron chi connectivity index (χ4n) is 4.40. The summed E-state index contributed by atoms with van der Waals surface area (Å²) in [5.41, 5.74) is -1.02. The lowest BCUT2D eigenvalue weighted by Crippen LogP contribution is -2.55. The maximum absolute atomic E-state index is 13.4. The molecule has 4 rings (SSSR count). The van der Waals surface area contributed by atoms with Crippen molar-refractivity contribution in [3.8, 4) is 17.2 Å². The molecule has 30 heavy (non-hydrogen) atoms. The molecule has 0 saturated carbocycles. The van der Waals surface area contributed by atoms with E-state index in [9.17, 15) is 18.0 Å². The third kappa shape index (κ3) is 3.06. The Morgan fingerprint density at radius 2 is 1.93 bits per heavy atom. The van der Waals surface area contributed by atoms with Crippen LogP contribution in [-0.2, 0) is 14.6 Å². The summed E-state index contributed by atoms with van der Waals surface area (Å²) < 4.78 is 39.9. The van der Waals surface area contributed by atoms with Crippen LogP contribution < -0.4 is 19.5 Å². The standard InChI is InChI=1S/C20H22ClNO7S/c1-10-6-12(22-11-4-5-30(25,26)9-11)7-15(23)20(10)19(24)16-13(27-2)8-14(28-3)17(21)18(16)29-20/h7-8,10-11,22H,4-6,9H2,1-3H3/t10-,11-,20+/m1/s1. The van der Waals surface area contributed by atoms with Gasteiger partial charge in [0.15, 0.2) is 15.6 Å². The van der Waals surface area contributed by atoms with E-state index in [4.69, 9.17) is 25.8 Å². The van der Waals surface area contributed by atoms with Gasteiger partial charge in [-0.1, -0.05) is 18.5 Å².